The third-order valence-electron chi connectivity index (χ3n) is 4.75. The molecule has 0 amide bonds. The van der Waals surface area contributed by atoms with Gasteiger partial charge in [-0.15, -0.1) is 0 Å². The normalized spacial score (nSPS) is 18.0. The Balaban J connectivity index is 2.09. The Morgan fingerprint density at radius 1 is 1.22 bits per heavy atom. The minimum atomic E-state index is -3.63. The summed E-state index contributed by atoms with van der Waals surface area (Å²) in [5, 5.41) is 0.127. The predicted molar refractivity (Wildman–Crippen MR) is 89.6 cm³/mol. The van der Waals surface area contributed by atoms with Gasteiger partial charge in [0.2, 0.25) is 0 Å². The van der Waals surface area contributed by atoms with Gasteiger partial charge in [0.1, 0.15) is 5.82 Å². The number of imidazole rings is 1. The SMILES string of the molecule is Cc1cccc2c1CC(C)(C)N(S(=O)(=O)c1cn(C)c(C)n1)C2. The highest BCUT2D eigenvalue weighted by Gasteiger charge is 2.42. The van der Waals surface area contributed by atoms with Crippen molar-refractivity contribution in [3.05, 3.63) is 46.9 Å². The van der Waals surface area contributed by atoms with Crippen molar-refractivity contribution in [3.63, 3.8) is 0 Å². The smallest absolute Gasteiger partial charge is 0.262 e. The van der Waals surface area contributed by atoms with Crippen molar-refractivity contribution in [1.29, 1.82) is 0 Å². The Hall–Kier alpha value is -1.66. The van der Waals surface area contributed by atoms with Crippen molar-refractivity contribution in [3.8, 4) is 0 Å². The van der Waals surface area contributed by atoms with Gasteiger partial charge in [-0.3, -0.25) is 0 Å². The monoisotopic (exact) mass is 333 g/mol. The molecule has 1 aromatic carbocycles. The number of aryl methyl sites for hydroxylation is 3. The van der Waals surface area contributed by atoms with E-state index in [1.54, 1.807) is 29.0 Å². The molecule has 0 unspecified atom stereocenters. The number of fused-ring (bicyclic) bond motifs is 1. The van der Waals surface area contributed by atoms with E-state index < -0.39 is 15.6 Å². The Morgan fingerprint density at radius 3 is 2.52 bits per heavy atom. The van der Waals surface area contributed by atoms with Gasteiger partial charge in [0, 0.05) is 25.3 Å². The molecular formula is C17H23N3O2S. The zero-order valence-electron chi connectivity index (χ0n) is 14.3. The Bertz CT molecular complexity index is 846. The van der Waals surface area contributed by atoms with Gasteiger partial charge >= 0.3 is 0 Å². The highest BCUT2D eigenvalue weighted by molar-refractivity contribution is 7.89. The van der Waals surface area contributed by atoms with Gasteiger partial charge in [-0.2, -0.15) is 4.31 Å². The second kappa shape index (κ2) is 5.18. The zero-order valence-corrected chi connectivity index (χ0v) is 15.1. The molecular weight excluding hydrogens is 310 g/mol. The quantitative estimate of drug-likeness (QED) is 0.849. The van der Waals surface area contributed by atoms with Crippen LogP contribution in [0, 0.1) is 13.8 Å². The number of rotatable bonds is 2. The fourth-order valence-electron chi connectivity index (χ4n) is 3.23. The molecule has 0 saturated carbocycles. The molecule has 1 aromatic heterocycles. The summed E-state index contributed by atoms with van der Waals surface area (Å²) in [7, 11) is -1.82. The Kier molecular flexibility index (Phi) is 3.65. The van der Waals surface area contributed by atoms with Gasteiger partial charge in [0.25, 0.3) is 10.0 Å². The van der Waals surface area contributed by atoms with Crippen molar-refractivity contribution in [1.82, 2.24) is 13.9 Å². The fourth-order valence-corrected chi connectivity index (χ4v) is 5.02. The standard InChI is InChI=1S/C17H23N3O2S/c1-12-7-6-8-14-10-20(17(3,4)9-15(12)14)23(21,22)16-11-19(5)13(2)18-16/h6-8,11H,9-10H2,1-5H3. The van der Waals surface area contributed by atoms with Crippen molar-refractivity contribution in [2.24, 2.45) is 7.05 Å². The van der Waals surface area contributed by atoms with E-state index in [1.807, 2.05) is 26.0 Å². The molecule has 0 radical (unpaired) electrons. The molecule has 2 aromatic rings. The van der Waals surface area contributed by atoms with Gasteiger partial charge in [-0.1, -0.05) is 18.2 Å². The summed E-state index contributed by atoms with van der Waals surface area (Å²) in [5.74, 6) is 0.689. The van der Waals surface area contributed by atoms with E-state index in [0.717, 1.165) is 5.56 Å². The molecule has 3 rings (SSSR count). The number of benzene rings is 1. The number of sulfonamides is 1. The lowest BCUT2D eigenvalue weighted by Crippen LogP contribution is -2.51. The van der Waals surface area contributed by atoms with Crippen molar-refractivity contribution >= 4 is 10.0 Å². The summed E-state index contributed by atoms with van der Waals surface area (Å²) in [5.41, 5.74) is 3.09. The van der Waals surface area contributed by atoms with Gasteiger partial charge in [0.15, 0.2) is 5.03 Å². The first kappa shape index (κ1) is 16.2. The molecule has 1 aliphatic heterocycles. The van der Waals surface area contributed by atoms with Crippen LogP contribution in [-0.4, -0.2) is 27.8 Å². The molecule has 1 aliphatic rings. The number of hydrogen-bond donors (Lipinski definition) is 0. The largest absolute Gasteiger partial charge is 0.337 e. The lowest BCUT2D eigenvalue weighted by atomic mass is 9.85. The number of aromatic nitrogens is 2. The third-order valence-corrected chi connectivity index (χ3v) is 6.68. The van der Waals surface area contributed by atoms with E-state index >= 15 is 0 Å². The lowest BCUT2D eigenvalue weighted by molar-refractivity contribution is 0.202. The number of hydrogen-bond acceptors (Lipinski definition) is 3. The predicted octanol–water partition coefficient (Wildman–Crippen LogP) is 2.56. The van der Waals surface area contributed by atoms with Crippen LogP contribution in [0.3, 0.4) is 0 Å². The maximum atomic E-state index is 13.1. The van der Waals surface area contributed by atoms with Crippen LogP contribution < -0.4 is 0 Å². The van der Waals surface area contributed by atoms with E-state index in [-0.39, 0.29) is 5.03 Å². The van der Waals surface area contributed by atoms with Gasteiger partial charge in [-0.25, -0.2) is 13.4 Å². The first-order chi connectivity index (χ1) is 10.6. The zero-order chi connectivity index (χ0) is 17.0. The van der Waals surface area contributed by atoms with E-state index in [1.165, 1.54) is 11.1 Å². The van der Waals surface area contributed by atoms with E-state index in [4.69, 9.17) is 0 Å². The maximum Gasteiger partial charge on any atom is 0.262 e. The summed E-state index contributed by atoms with van der Waals surface area (Å²) in [4.78, 5) is 4.23. The maximum absolute atomic E-state index is 13.1. The van der Waals surface area contributed by atoms with Crippen molar-refractivity contribution in [2.75, 3.05) is 0 Å². The van der Waals surface area contributed by atoms with E-state index in [9.17, 15) is 8.42 Å². The van der Waals surface area contributed by atoms with Crippen LogP contribution in [-0.2, 0) is 30.0 Å². The molecule has 0 bridgehead atoms. The second-order valence-electron chi connectivity index (χ2n) is 6.95. The minimum absolute atomic E-state index is 0.127. The Labute approximate surface area is 138 Å². The topological polar surface area (TPSA) is 55.2 Å². The molecule has 0 N–H and O–H groups in total. The average molecular weight is 333 g/mol. The van der Waals surface area contributed by atoms with Crippen LogP contribution in [0.4, 0.5) is 0 Å². The molecule has 0 fully saturated rings. The molecule has 6 heteroatoms. The van der Waals surface area contributed by atoms with E-state index in [0.29, 0.717) is 18.8 Å². The van der Waals surface area contributed by atoms with Crippen molar-refractivity contribution in [2.45, 2.75) is 51.2 Å². The third kappa shape index (κ3) is 2.60. The van der Waals surface area contributed by atoms with Crippen LogP contribution in [0.25, 0.3) is 0 Å². The molecule has 0 spiro atoms. The highest BCUT2D eigenvalue weighted by atomic mass is 32.2. The second-order valence-corrected chi connectivity index (χ2v) is 8.76. The summed E-state index contributed by atoms with van der Waals surface area (Å²) in [6, 6.07) is 6.09. The first-order valence-electron chi connectivity index (χ1n) is 7.73. The highest BCUT2D eigenvalue weighted by Crippen LogP contribution is 2.36. The van der Waals surface area contributed by atoms with Crippen LogP contribution in [0.15, 0.2) is 29.4 Å². The summed E-state index contributed by atoms with van der Waals surface area (Å²) < 4.78 is 29.6. The summed E-state index contributed by atoms with van der Waals surface area (Å²) >= 11 is 0. The summed E-state index contributed by atoms with van der Waals surface area (Å²) in [6.07, 6.45) is 2.30. The van der Waals surface area contributed by atoms with Gasteiger partial charge in [0.05, 0.1) is 0 Å². The van der Waals surface area contributed by atoms with Crippen LogP contribution in [0.2, 0.25) is 0 Å². The molecule has 0 saturated heterocycles. The van der Waals surface area contributed by atoms with Crippen molar-refractivity contribution < 1.29 is 8.42 Å². The van der Waals surface area contributed by atoms with Gasteiger partial charge in [-0.05, 0) is 50.8 Å². The first-order valence-corrected chi connectivity index (χ1v) is 9.17. The average Bonchev–Trinajstić information content (AvgIpc) is 2.79. The molecule has 0 aliphatic carbocycles. The van der Waals surface area contributed by atoms with Crippen LogP contribution >= 0.6 is 0 Å². The molecule has 5 nitrogen and oxygen atoms in total. The Morgan fingerprint density at radius 2 is 1.91 bits per heavy atom. The molecule has 124 valence electrons. The number of nitrogens with zero attached hydrogens (tertiary/aromatic N) is 3. The van der Waals surface area contributed by atoms with Gasteiger partial charge < -0.3 is 4.57 Å². The minimum Gasteiger partial charge on any atom is -0.337 e. The lowest BCUT2D eigenvalue weighted by Gasteiger charge is -2.42. The molecule has 0 atom stereocenters. The van der Waals surface area contributed by atoms with Crippen LogP contribution in [0.5, 0.6) is 0 Å². The van der Waals surface area contributed by atoms with Crippen LogP contribution in [0.1, 0.15) is 36.4 Å². The molecule has 2 heterocycles. The van der Waals surface area contributed by atoms with E-state index in [2.05, 4.69) is 18.0 Å². The fraction of sp³-hybridized carbons (Fsp3) is 0.471. The summed E-state index contributed by atoms with van der Waals surface area (Å²) in [6.45, 7) is 8.24. The molecule has 23 heavy (non-hydrogen) atoms.